The minimum atomic E-state index is -0.365. The average Bonchev–Trinajstić information content (AvgIpc) is 3.13. The van der Waals surface area contributed by atoms with Gasteiger partial charge < -0.3 is 4.74 Å². The summed E-state index contributed by atoms with van der Waals surface area (Å²) >= 11 is 12.0. The van der Waals surface area contributed by atoms with Gasteiger partial charge in [-0.15, -0.1) is 0 Å². The second kappa shape index (κ2) is 5.38. The largest absolute Gasteiger partial charge is 0.370 e. The fourth-order valence-corrected chi connectivity index (χ4v) is 2.25. The number of rotatable bonds is 5. The molecule has 0 spiro atoms. The van der Waals surface area contributed by atoms with E-state index in [1.165, 1.54) is 0 Å². The average molecular weight is 273 g/mol. The standard InChI is InChI=1S/C13H14Cl2O2/c1-2-17-13(8-6-7-8)12(16)9-4-3-5-10(14)11(9)15/h3-5,8,13H,2,6-7H2,1H3. The highest BCUT2D eigenvalue weighted by Gasteiger charge is 2.37. The Balaban J connectivity index is 2.25. The van der Waals surface area contributed by atoms with Crippen LogP contribution in [0.1, 0.15) is 30.1 Å². The Labute approximate surface area is 111 Å². The van der Waals surface area contributed by atoms with Gasteiger partial charge in [-0.3, -0.25) is 4.79 Å². The summed E-state index contributed by atoms with van der Waals surface area (Å²) < 4.78 is 5.53. The molecule has 0 heterocycles. The highest BCUT2D eigenvalue weighted by Crippen LogP contribution is 2.37. The molecule has 0 radical (unpaired) electrons. The zero-order valence-electron chi connectivity index (χ0n) is 9.58. The van der Waals surface area contributed by atoms with Gasteiger partial charge in [0.05, 0.1) is 10.0 Å². The number of hydrogen-bond acceptors (Lipinski definition) is 2. The number of hydrogen-bond donors (Lipinski definition) is 0. The van der Waals surface area contributed by atoms with Gasteiger partial charge in [0.1, 0.15) is 6.10 Å². The van der Waals surface area contributed by atoms with Crippen LogP contribution in [-0.4, -0.2) is 18.5 Å². The summed E-state index contributed by atoms with van der Waals surface area (Å²) in [7, 11) is 0. The predicted octanol–water partition coefficient (Wildman–Crippen LogP) is 3.99. The maximum atomic E-state index is 12.3. The van der Waals surface area contributed by atoms with Crippen LogP contribution >= 0.6 is 23.2 Å². The van der Waals surface area contributed by atoms with Crippen molar-refractivity contribution in [1.82, 2.24) is 0 Å². The summed E-state index contributed by atoms with van der Waals surface area (Å²) in [5, 5.41) is 0.730. The van der Waals surface area contributed by atoms with E-state index < -0.39 is 0 Å². The third-order valence-corrected chi connectivity index (χ3v) is 3.69. The van der Waals surface area contributed by atoms with Gasteiger partial charge in [-0.25, -0.2) is 0 Å². The van der Waals surface area contributed by atoms with Gasteiger partial charge in [0.25, 0.3) is 0 Å². The molecule has 0 amide bonds. The first-order valence-corrected chi connectivity index (χ1v) is 6.50. The Morgan fingerprint density at radius 1 is 1.47 bits per heavy atom. The maximum Gasteiger partial charge on any atom is 0.193 e. The Hall–Kier alpha value is -0.570. The SMILES string of the molecule is CCOC(C(=O)c1cccc(Cl)c1Cl)C1CC1. The number of ketones is 1. The Bertz CT molecular complexity index is 427. The molecule has 92 valence electrons. The Kier molecular flexibility index (Phi) is 4.08. The number of carbonyl (C=O) groups excluding carboxylic acids is 1. The van der Waals surface area contributed by atoms with E-state index in [4.69, 9.17) is 27.9 Å². The maximum absolute atomic E-state index is 12.3. The van der Waals surface area contributed by atoms with Gasteiger partial charge in [0.15, 0.2) is 5.78 Å². The lowest BCUT2D eigenvalue weighted by atomic mass is 10.0. The third kappa shape index (κ3) is 2.82. The van der Waals surface area contributed by atoms with Crippen LogP contribution in [0.2, 0.25) is 10.0 Å². The molecule has 0 saturated heterocycles. The minimum Gasteiger partial charge on any atom is -0.370 e. The van der Waals surface area contributed by atoms with E-state index in [0.717, 1.165) is 12.8 Å². The molecule has 2 rings (SSSR count). The molecule has 1 aliphatic rings. The number of Topliss-reactive ketones (excluding diaryl/α,β-unsaturated/α-hetero) is 1. The van der Waals surface area contributed by atoms with Crippen LogP contribution in [0, 0.1) is 5.92 Å². The molecule has 0 aliphatic heterocycles. The lowest BCUT2D eigenvalue weighted by molar-refractivity contribution is 0.0375. The first-order valence-electron chi connectivity index (χ1n) is 5.75. The van der Waals surface area contributed by atoms with Crippen LogP contribution < -0.4 is 0 Å². The van der Waals surface area contributed by atoms with E-state index in [0.29, 0.717) is 28.1 Å². The van der Waals surface area contributed by atoms with Crippen molar-refractivity contribution in [3.05, 3.63) is 33.8 Å². The molecule has 2 nitrogen and oxygen atoms in total. The highest BCUT2D eigenvalue weighted by atomic mass is 35.5. The summed E-state index contributed by atoms with van der Waals surface area (Å²) in [6, 6.07) is 5.11. The number of ether oxygens (including phenoxy) is 1. The molecular weight excluding hydrogens is 259 g/mol. The topological polar surface area (TPSA) is 26.3 Å². The van der Waals surface area contributed by atoms with E-state index in [1.54, 1.807) is 18.2 Å². The summed E-state index contributed by atoms with van der Waals surface area (Å²) in [5.74, 6) is 0.291. The normalized spacial score (nSPS) is 16.9. The second-order valence-corrected chi connectivity index (χ2v) is 4.96. The highest BCUT2D eigenvalue weighted by molar-refractivity contribution is 6.44. The lowest BCUT2D eigenvalue weighted by Gasteiger charge is -2.16. The molecular formula is C13H14Cl2O2. The van der Waals surface area contributed by atoms with Crippen molar-refractivity contribution < 1.29 is 9.53 Å². The van der Waals surface area contributed by atoms with E-state index in [9.17, 15) is 4.79 Å². The van der Waals surface area contributed by atoms with Crippen LogP contribution in [0.3, 0.4) is 0 Å². The van der Waals surface area contributed by atoms with Gasteiger partial charge in [-0.2, -0.15) is 0 Å². The van der Waals surface area contributed by atoms with E-state index in [2.05, 4.69) is 0 Å². The van der Waals surface area contributed by atoms with Crippen LogP contribution in [0.5, 0.6) is 0 Å². The zero-order valence-corrected chi connectivity index (χ0v) is 11.1. The van der Waals surface area contributed by atoms with Crippen LogP contribution in [0.25, 0.3) is 0 Å². The third-order valence-electron chi connectivity index (χ3n) is 2.87. The Morgan fingerprint density at radius 2 is 2.18 bits per heavy atom. The molecule has 1 aliphatic carbocycles. The molecule has 1 aromatic rings. The molecule has 0 bridgehead atoms. The minimum absolute atomic E-state index is 0.0538. The second-order valence-electron chi connectivity index (χ2n) is 4.18. The van der Waals surface area contributed by atoms with Gasteiger partial charge in [-0.05, 0) is 37.8 Å². The van der Waals surface area contributed by atoms with Gasteiger partial charge >= 0.3 is 0 Å². The van der Waals surface area contributed by atoms with Crippen LogP contribution in [0.15, 0.2) is 18.2 Å². The van der Waals surface area contributed by atoms with Crippen molar-refractivity contribution >= 4 is 29.0 Å². The number of halogens is 2. The predicted molar refractivity (Wildman–Crippen MR) is 68.9 cm³/mol. The molecule has 1 aromatic carbocycles. The quantitative estimate of drug-likeness (QED) is 0.758. The van der Waals surface area contributed by atoms with Gasteiger partial charge in [0, 0.05) is 12.2 Å². The Morgan fingerprint density at radius 3 is 2.76 bits per heavy atom. The molecule has 4 heteroatoms. The molecule has 1 saturated carbocycles. The van der Waals surface area contributed by atoms with Crippen molar-refractivity contribution in [2.24, 2.45) is 5.92 Å². The first kappa shape index (κ1) is 12.9. The molecule has 17 heavy (non-hydrogen) atoms. The smallest absolute Gasteiger partial charge is 0.193 e. The molecule has 1 atom stereocenters. The van der Waals surface area contributed by atoms with Crippen molar-refractivity contribution in [3.8, 4) is 0 Å². The molecule has 1 fully saturated rings. The fourth-order valence-electron chi connectivity index (χ4n) is 1.85. The van der Waals surface area contributed by atoms with Crippen molar-refractivity contribution in [3.63, 3.8) is 0 Å². The van der Waals surface area contributed by atoms with E-state index in [-0.39, 0.29) is 11.9 Å². The summed E-state index contributed by atoms with van der Waals surface area (Å²) in [6.45, 7) is 2.42. The molecule has 0 aromatic heterocycles. The summed E-state index contributed by atoms with van der Waals surface area (Å²) in [5.41, 5.74) is 0.463. The number of benzene rings is 1. The van der Waals surface area contributed by atoms with Crippen molar-refractivity contribution in [1.29, 1.82) is 0 Å². The zero-order chi connectivity index (χ0) is 12.4. The van der Waals surface area contributed by atoms with Crippen molar-refractivity contribution in [2.75, 3.05) is 6.61 Å². The van der Waals surface area contributed by atoms with E-state index >= 15 is 0 Å². The van der Waals surface area contributed by atoms with Crippen molar-refractivity contribution in [2.45, 2.75) is 25.9 Å². The van der Waals surface area contributed by atoms with Crippen LogP contribution in [-0.2, 0) is 4.74 Å². The van der Waals surface area contributed by atoms with E-state index in [1.807, 2.05) is 6.92 Å². The molecule has 1 unspecified atom stereocenters. The van der Waals surface area contributed by atoms with Crippen LogP contribution in [0.4, 0.5) is 0 Å². The van der Waals surface area contributed by atoms with Gasteiger partial charge in [-0.1, -0.05) is 29.3 Å². The summed E-state index contributed by atoms with van der Waals surface area (Å²) in [4.78, 5) is 12.3. The van der Waals surface area contributed by atoms with Gasteiger partial charge in [0.2, 0.25) is 0 Å². The lowest BCUT2D eigenvalue weighted by Crippen LogP contribution is -2.27. The first-order chi connectivity index (χ1) is 8.15. The number of carbonyl (C=O) groups is 1. The molecule has 0 N–H and O–H groups in total. The summed E-state index contributed by atoms with van der Waals surface area (Å²) in [6.07, 6.45) is 1.74. The monoisotopic (exact) mass is 272 g/mol. The fraction of sp³-hybridized carbons (Fsp3) is 0.462.